The minimum absolute atomic E-state index is 0.153. The number of benzene rings is 1. The smallest absolute Gasteiger partial charge is 0.236 e. The number of hydrogen-bond acceptors (Lipinski definition) is 5. The molecule has 1 amide bonds. The van der Waals surface area contributed by atoms with Gasteiger partial charge in [0.25, 0.3) is 0 Å². The minimum atomic E-state index is 0.153. The number of carbonyl (C=O) groups is 1. The van der Waals surface area contributed by atoms with Gasteiger partial charge in [-0.3, -0.25) is 14.6 Å². The summed E-state index contributed by atoms with van der Waals surface area (Å²) >= 11 is 3.51. The molecule has 1 aromatic carbocycles. The van der Waals surface area contributed by atoms with Gasteiger partial charge in [-0.05, 0) is 37.1 Å². The maximum atomic E-state index is 13.0. The zero-order valence-corrected chi connectivity index (χ0v) is 17.9. The fourth-order valence-corrected chi connectivity index (χ4v) is 5.17. The number of rotatable bonds is 4. The fourth-order valence-electron chi connectivity index (χ4n) is 4.90. The number of aliphatic hydroxyl groups is 1. The third-order valence-corrected chi connectivity index (χ3v) is 6.97. The number of aliphatic hydroxyl groups excluding tert-OH is 1. The predicted molar refractivity (Wildman–Crippen MR) is 111 cm³/mol. The lowest BCUT2D eigenvalue weighted by Crippen LogP contribution is -2.68. The fraction of sp³-hybridized carbons (Fsp3) is 0.667. The molecule has 1 aromatic rings. The summed E-state index contributed by atoms with van der Waals surface area (Å²) in [5, 5.41) is 10.0. The normalized spacial score (nSPS) is 29.5. The van der Waals surface area contributed by atoms with Crippen molar-refractivity contribution in [3.63, 3.8) is 0 Å². The van der Waals surface area contributed by atoms with E-state index in [4.69, 9.17) is 4.74 Å². The van der Waals surface area contributed by atoms with Crippen LogP contribution in [0.3, 0.4) is 0 Å². The molecule has 3 fully saturated rings. The van der Waals surface area contributed by atoms with Crippen molar-refractivity contribution in [2.24, 2.45) is 0 Å². The molecule has 154 valence electrons. The van der Waals surface area contributed by atoms with Crippen LogP contribution in [-0.2, 0) is 9.53 Å². The van der Waals surface area contributed by atoms with Crippen molar-refractivity contribution in [3.05, 3.63) is 34.3 Å². The van der Waals surface area contributed by atoms with E-state index in [0.29, 0.717) is 19.8 Å². The van der Waals surface area contributed by atoms with E-state index >= 15 is 0 Å². The van der Waals surface area contributed by atoms with Crippen LogP contribution < -0.4 is 0 Å². The van der Waals surface area contributed by atoms with E-state index in [9.17, 15) is 9.90 Å². The van der Waals surface area contributed by atoms with E-state index < -0.39 is 0 Å². The molecule has 0 aliphatic carbocycles. The first-order valence-electron chi connectivity index (χ1n) is 10.4. The SMILES string of the molecule is O=C(CN1CCOCC1)N1CCCCN2[C@H](CO)[C@H](c3ccc(Br)cc3)[C@H]2C1. The quantitative estimate of drug-likeness (QED) is 0.751. The summed E-state index contributed by atoms with van der Waals surface area (Å²) in [5.41, 5.74) is 1.25. The highest BCUT2D eigenvalue weighted by Crippen LogP contribution is 2.42. The van der Waals surface area contributed by atoms with Crippen molar-refractivity contribution in [3.8, 4) is 0 Å². The molecule has 6 nitrogen and oxygen atoms in total. The predicted octanol–water partition coefficient (Wildman–Crippen LogP) is 1.53. The third-order valence-electron chi connectivity index (χ3n) is 6.44. The van der Waals surface area contributed by atoms with E-state index in [1.54, 1.807) is 0 Å². The van der Waals surface area contributed by atoms with Crippen molar-refractivity contribution >= 4 is 21.8 Å². The lowest BCUT2D eigenvalue weighted by Gasteiger charge is -2.57. The van der Waals surface area contributed by atoms with E-state index in [-0.39, 0.29) is 30.5 Å². The molecule has 3 saturated heterocycles. The van der Waals surface area contributed by atoms with Gasteiger partial charge in [0.05, 0.1) is 26.4 Å². The van der Waals surface area contributed by atoms with Gasteiger partial charge in [0.1, 0.15) is 0 Å². The first kappa shape index (κ1) is 20.3. The van der Waals surface area contributed by atoms with Crippen LogP contribution in [0, 0.1) is 0 Å². The van der Waals surface area contributed by atoms with E-state index in [1.165, 1.54) is 5.56 Å². The number of hydrogen-bond donors (Lipinski definition) is 1. The van der Waals surface area contributed by atoms with E-state index in [1.807, 2.05) is 0 Å². The minimum Gasteiger partial charge on any atom is -0.395 e. The summed E-state index contributed by atoms with van der Waals surface area (Å²) < 4.78 is 6.46. The summed E-state index contributed by atoms with van der Waals surface area (Å²) in [6, 6.07) is 8.86. The van der Waals surface area contributed by atoms with Gasteiger partial charge in [-0.1, -0.05) is 28.1 Å². The van der Waals surface area contributed by atoms with Crippen molar-refractivity contribution in [2.75, 3.05) is 59.1 Å². The number of nitrogens with zero attached hydrogens (tertiary/aromatic N) is 3. The van der Waals surface area contributed by atoms with Crippen LogP contribution in [0.25, 0.3) is 0 Å². The van der Waals surface area contributed by atoms with Crippen LogP contribution in [0.5, 0.6) is 0 Å². The summed E-state index contributed by atoms with van der Waals surface area (Å²) in [6.45, 7) is 6.36. The Bertz CT molecular complexity index is 665. The number of fused-ring (bicyclic) bond motifs is 1. The van der Waals surface area contributed by atoms with Crippen molar-refractivity contribution in [1.82, 2.24) is 14.7 Å². The van der Waals surface area contributed by atoms with Gasteiger partial charge in [0, 0.05) is 48.7 Å². The third kappa shape index (κ3) is 4.28. The molecule has 0 aromatic heterocycles. The highest BCUT2D eigenvalue weighted by atomic mass is 79.9. The Labute approximate surface area is 175 Å². The molecule has 3 aliphatic heterocycles. The lowest BCUT2D eigenvalue weighted by atomic mass is 9.74. The van der Waals surface area contributed by atoms with Crippen LogP contribution in [0.4, 0.5) is 0 Å². The largest absolute Gasteiger partial charge is 0.395 e. The monoisotopic (exact) mass is 451 g/mol. The van der Waals surface area contributed by atoms with Crippen LogP contribution >= 0.6 is 15.9 Å². The molecule has 0 bridgehead atoms. The van der Waals surface area contributed by atoms with Gasteiger partial charge in [0.2, 0.25) is 5.91 Å². The second kappa shape index (κ2) is 9.22. The molecule has 3 heterocycles. The molecule has 0 saturated carbocycles. The molecule has 1 N–H and O–H groups in total. The number of ether oxygens (including phenoxy) is 1. The van der Waals surface area contributed by atoms with Gasteiger partial charge in [-0.15, -0.1) is 0 Å². The van der Waals surface area contributed by atoms with Crippen LogP contribution in [-0.4, -0.2) is 96.9 Å². The van der Waals surface area contributed by atoms with Crippen LogP contribution in [0.15, 0.2) is 28.7 Å². The molecule has 0 spiro atoms. The van der Waals surface area contributed by atoms with Crippen molar-refractivity contribution < 1.29 is 14.6 Å². The summed E-state index contributed by atoms with van der Waals surface area (Å²) in [6.07, 6.45) is 2.10. The number of amides is 1. The van der Waals surface area contributed by atoms with Gasteiger partial charge < -0.3 is 14.7 Å². The zero-order valence-electron chi connectivity index (χ0n) is 16.3. The Balaban J connectivity index is 1.47. The average molecular weight is 452 g/mol. The van der Waals surface area contributed by atoms with Gasteiger partial charge >= 0.3 is 0 Å². The Hall–Kier alpha value is -0.990. The van der Waals surface area contributed by atoms with Gasteiger partial charge in [0.15, 0.2) is 0 Å². The Morgan fingerprint density at radius 1 is 1.11 bits per heavy atom. The highest BCUT2D eigenvalue weighted by molar-refractivity contribution is 9.10. The molecule has 0 unspecified atom stereocenters. The Morgan fingerprint density at radius 3 is 2.54 bits per heavy atom. The van der Waals surface area contributed by atoms with Gasteiger partial charge in [-0.25, -0.2) is 0 Å². The van der Waals surface area contributed by atoms with E-state index in [0.717, 1.165) is 50.0 Å². The Morgan fingerprint density at radius 2 is 1.82 bits per heavy atom. The first-order chi connectivity index (χ1) is 13.7. The maximum absolute atomic E-state index is 13.0. The average Bonchev–Trinajstić information content (AvgIpc) is 2.69. The highest BCUT2D eigenvalue weighted by Gasteiger charge is 2.49. The summed E-state index contributed by atoms with van der Waals surface area (Å²) in [4.78, 5) is 19.7. The lowest BCUT2D eigenvalue weighted by molar-refractivity contribution is -0.138. The summed E-state index contributed by atoms with van der Waals surface area (Å²) in [5.74, 6) is 0.501. The second-order valence-corrected chi connectivity index (χ2v) is 8.98. The molecule has 0 radical (unpaired) electrons. The molecular formula is C21H30BrN3O3. The Kier molecular flexibility index (Phi) is 6.68. The molecule has 28 heavy (non-hydrogen) atoms. The molecule has 3 aliphatic rings. The second-order valence-electron chi connectivity index (χ2n) is 8.07. The zero-order chi connectivity index (χ0) is 19.5. The van der Waals surface area contributed by atoms with Crippen molar-refractivity contribution in [2.45, 2.75) is 30.8 Å². The van der Waals surface area contributed by atoms with Gasteiger partial charge in [-0.2, -0.15) is 0 Å². The van der Waals surface area contributed by atoms with Crippen LogP contribution in [0.1, 0.15) is 24.3 Å². The molecule has 7 heteroatoms. The topological polar surface area (TPSA) is 56.2 Å². The summed E-state index contributed by atoms with van der Waals surface area (Å²) in [7, 11) is 0. The standard InChI is InChI=1S/C21H30BrN3O3/c22-17-5-3-16(4-6-17)21-18-13-24(7-1-2-8-25(18)19(21)15-26)20(27)14-23-9-11-28-12-10-23/h3-6,18-19,21,26H,1-2,7-15H2/t18-,19-,21-/m1/s1. The maximum Gasteiger partial charge on any atom is 0.236 e. The van der Waals surface area contributed by atoms with E-state index in [2.05, 4.69) is 54.9 Å². The number of morpholine rings is 1. The molecule has 4 rings (SSSR count). The molecule has 3 atom stereocenters. The van der Waals surface area contributed by atoms with Crippen molar-refractivity contribution in [1.29, 1.82) is 0 Å². The number of carbonyl (C=O) groups excluding carboxylic acids is 1. The molecular weight excluding hydrogens is 422 g/mol. The first-order valence-corrected chi connectivity index (χ1v) is 11.2. The van der Waals surface area contributed by atoms with Crippen LogP contribution in [0.2, 0.25) is 0 Å². The number of halogens is 1.